The largest absolute Gasteiger partial charge is 0.309 e. The van der Waals surface area contributed by atoms with Gasteiger partial charge in [0.05, 0.1) is 58.8 Å². The maximum Gasteiger partial charge on any atom is 0.165 e. The van der Waals surface area contributed by atoms with Gasteiger partial charge in [0.1, 0.15) is 0 Å². The summed E-state index contributed by atoms with van der Waals surface area (Å²) in [5.41, 5.74) is 25.6. The number of thiophene rings is 3. The smallest absolute Gasteiger partial charge is 0.165 e. The lowest BCUT2D eigenvalue weighted by atomic mass is 10.0. The van der Waals surface area contributed by atoms with Crippen LogP contribution < -0.4 is 0 Å². The van der Waals surface area contributed by atoms with Gasteiger partial charge < -0.3 is 4.57 Å². The van der Waals surface area contributed by atoms with Gasteiger partial charge in [0.15, 0.2) is 69.9 Å². The van der Waals surface area contributed by atoms with Gasteiger partial charge in [-0.2, -0.15) is 0 Å². The highest BCUT2D eigenvalue weighted by Gasteiger charge is 2.28. The second kappa shape index (κ2) is 39.2. The lowest BCUT2D eigenvalue weighted by Gasteiger charge is -2.10. The Kier molecular flexibility index (Phi) is 23.5. The number of hydrogen-bond acceptors (Lipinski definition) is 18. The number of fused-ring (bicyclic) bond motifs is 12. The highest BCUT2D eigenvalue weighted by molar-refractivity contribution is 7.27. The van der Waals surface area contributed by atoms with E-state index in [-0.39, 0.29) is 0 Å². The van der Waals surface area contributed by atoms with Crippen molar-refractivity contribution in [2.45, 2.75) is 0 Å². The molecule has 0 bridgehead atoms. The van der Waals surface area contributed by atoms with Gasteiger partial charge in [0.25, 0.3) is 0 Å². The molecule has 0 N–H and O–H groups in total. The molecule has 148 heavy (non-hydrogen) atoms. The monoisotopic (exact) mass is 1950 g/mol. The van der Waals surface area contributed by atoms with Gasteiger partial charge in [-0.1, -0.05) is 443 Å². The Morgan fingerprint density at radius 2 is 0.351 bits per heavy atom. The van der Waals surface area contributed by atoms with Crippen LogP contribution in [0.2, 0.25) is 0 Å². The summed E-state index contributed by atoms with van der Waals surface area (Å²) in [7, 11) is 0. The van der Waals surface area contributed by atoms with E-state index in [1.807, 2.05) is 249 Å². The number of nitrogens with zero attached hydrogens (tertiary/aromatic N) is 16. The molecule has 19 heteroatoms. The SMILES string of the molecule is c1ccc(-c2ccc(-c3nc(-c4ccccc4)nc4c3sc3c(-c5nc(-c6ccccc6)nc(-c6ccccc6)n5)cccc34)cc2)cc1.c1ccc(-c2nc(-c3ccccc3)nc(-c3cccc4c3sc3c(-c5ccccc5)nc(-c5ccc6c7ccccc7n(-c7ccccc7)c6c5)nc34)n2)cc1.c1ccc(-c2nc(-c3ccccc3)nc(-c3cccc4c3sc3c(-c5ccccc5)nc(-c5ccccc5)nc34)n2)cc1. The number of rotatable bonds is 17. The fourth-order valence-corrected chi connectivity index (χ4v) is 22.8. The molecule has 694 valence electrons. The average Bonchev–Trinajstić information content (AvgIpc) is 1.59. The molecule has 0 radical (unpaired) electrons. The first kappa shape index (κ1) is 88.8. The molecule has 0 saturated carbocycles. The van der Waals surface area contributed by atoms with Crippen molar-refractivity contribution in [3.8, 4) is 187 Å². The van der Waals surface area contributed by atoms with E-state index >= 15 is 0 Å². The molecule has 0 aliphatic rings. The molecule has 0 aliphatic heterocycles. The van der Waals surface area contributed by atoms with Crippen LogP contribution in [0.5, 0.6) is 0 Å². The first-order valence-electron chi connectivity index (χ1n) is 48.7. The summed E-state index contributed by atoms with van der Waals surface area (Å²) in [4.78, 5) is 76.4. The van der Waals surface area contributed by atoms with Crippen molar-refractivity contribution in [1.29, 1.82) is 0 Å². The molecule has 0 atom stereocenters. The zero-order chi connectivity index (χ0) is 98.2. The van der Waals surface area contributed by atoms with E-state index in [9.17, 15) is 0 Å². The molecule has 28 aromatic rings. The van der Waals surface area contributed by atoms with Crippen molar-refractivity contribution in [2.24, 2.45) is 0 Å². The molecular formula is C129H80N16S3. The maximum absolute atomic E-state index is 5.38. The second-order valence-corrected chi connectivity index (χ2v) is 38.6. The summed E-state index contributed by atoms with van der Waals surface area (Å²) in [6, 6.07) is 165. The summed E-state index contributed by atoms with van der Waals surface area (Å²) in [5, 5.41) is 5.52. The molecule has 18 aromatic carbocycles. The first-order chi connectivity index (χ1) is 73.4. The van der Waals surface area contributed by atoms with E-state index in [0.29, 0.717) is 69.9 Å². The van der Waals surface area contributed by atoms with Gasteiger partial charge in [0.2, 0.25) is 0 Å². The minimum atomic E-state index is 0.614. The van der Waals surface area contributed by atoms with Crippen LogP contribution in [0.3, 0.4) is 0 Å². The Balaban J connectivity index is 0.000000113. The van der Waals surface area contributed by atoms with Crippen LogP contribution in [0.4, 0.5) is 0 Å². The normalized spacial score (nSPS) is 11.4. The van der Waals surface area contributed by atoms with Gasteiger partial charge in [-0.15, -0.1) is 34.0 Å². The molecule has 10 aromatic heterocycles. The van der Waals surface area contributed by atoms with Crippen LogP contribution in [0.25, 0.3) is 270 Å². The van der Waals surface area contributed by atoms with Crippen molar-refractivity contribution >= 4 is 117 Å². The first-order valence-corrected chi connectivity index (χ1v) is 51.1. The van der Waals surface area contributed by atoms with Crippen LogP contribution in [0, 0.1) is 0 Å². The van der Waals surface area contributed by atoms with Crippen LogP contribution >= 0.6 is 34.0 Å². The zero-order valence-electron chi connectivity index (χ0n) is 79.1. The van der Waals surface area contributed by atoms with Crippen molar-refractivity contribution in [2.75, 3.05) is 0 Å². The quantitative estimate of drug-likeness (QED) is 0.0833. The number of hydrogen-bond donors (Lipinski definition) is 0. The van der Waals surface area contributed by atoms with Gasteiger partial charge in [-0.3, -0.25) is 0 Å². The van der Waals surface area contributed by atoms with Crippen LogP contribution in [-0.2, 0) is 0 Å². The van der Waals surface area contributed by atoms with E-state index < -0.39 is 0 Å². The highest BCUT2D eigenvalue weighted by Crippen LogP contribution is 2.49. The summed E-state index contributed by atoms with van der Waals surface area (Å²) < 4.78 is 8.59. The number of para-hydroxylation sites is 2. The zero-order valence-corrected chi connectivity index (χ0v) is 81.5. The molecule has 28 rings (SSSR count). The third kappa shape index (κ3) is 17.2. The average molecular weight is 1950 g/mol. The molecule has 0 unspecified atom stereocenters. The van der Waals surface area contributed by atoms with Crippen LogP contribution in [-0.4, -0.2) is 79.3 Å². The minimum absolute atomic E-state index is 0.614. The third-order valence-corrected chi connectivity index (χ3v) is 29.9. The summed E-state index contributed by atoms with van der Waals surface area (Å²) >= 11 is 5.06. The lowest BCUT2D eigenvalue weighted by molar-refractivity contribution is 1.08. The van der Waals surface area contributed by atoms with Gasteiger partial charge in [-0.25, -0.2) is 74.8 Å². The van der Waals surface area contributed by atoms with Crippen LogP contribution in [0.1, 0.15) is 0 Å². The van der Waals surface area contributed by atoms with Gasteiger partial charge in [0, 0.05) is 130 Å². The van der Waals surface area contributed by atoms with Gasteiger partial charge in [-0.05, 0) is 53.6 Å². The predicted octanol–water partition coefficient (Wildman–Crippen LogP) is 32.9. The molecule has 0 amide bonds. The van der Waals surface area contributed by atoms with E-state index in [1.54, 1.807) is 34.0 Å². The minimum Gasteiger partial charge on any atom is -0.309 e. The second-order valence-electron chi connectivity index (χ2n) is 35.5. The summed E-state index contributed by atoms with van der Waals surface area (Å²) in [6.45, 7) is 0. The third-order valence-electron chi connectivity index (χ3n) is 26.2. The Labute approximate surface area is 862 Å². The summed E-state index contributed by atoms with van der Waals surface area (Å²) in [5.74, 6) is 7.73. The van der Waals surface area contributed by atoms with Crippen molar-refractivity contribution in [1.82, 2.24) is 79.3 Å². The molecule has 16 nitrogen and oxygen atoms in total. The topological polar surface area (TPSA) is 198 Å². The van der Waals surface area contributed by atoms with Crippen molar-refractivity contribution in [3.63, 3.8) is 0 Å². The van der Waals surface area contributed by atoms with Gasteiger partial charge >= 0.3 is 0 Å². The fraction of sp³-hybridized carbons (Fsp3) is 0. The Morgan fingerprint density at radius 1 is 0.135 bits per heavy atom. The molecule has 0 aliphatic carbocycles. The molecular weight excluding hydrogens is 1870 g/mol. The molecule has 0 fully saturated rings. The standard InChI is InChI=1S/C49H30N6S.C43H27N5S.C37H23N5S/c1-5-16-31(17-6-1)42-45-43(51-48(50-42)34-28-29-37-36-24-13-14-27-40(36)55(41(37)30-34)35-22-11-4-12-23-35)38-25-15-26-39(44(38)56-45)49-53-46(32-18-7-2-8-19-32)52-47(54-49)33-20-9-3-10-21-33;1-5-14-28(15-6-1)29-24-26-30(27-25-29)36-39-37(45-40(44-36)31-16-7-2-8-17-31)34-22-13-23-35(38(34)49-39)43-47-41(32-18-9-3-10-19-32)46-42(48-43)33-20-11-4-12-21-33;1-5-14-24(15-6-1)30-33-31(39-34(38-30)25-16-7-2-8-17-25)28-22-13-23-29(32(28)43-33)37-41-35(26-18-9-3-10-19-26)40-36(42-37)27-20-11-4-12-21-27/h1-30H;1-27H;1-23H. The predicted molar refractivity (Wildman–Crippen MR) is 606 cm³/mol. The molecule has 0 spiro atoms. The Morgan fingerprint density at radius 3 is 0.662 bits per heavy atom. The van der Waals surface area contributed by atoms with Crippen molar-refractivity contribution in [3.05, 3.63) is 485 Å². The van der Waals surface area contributed by atoms with E-state index in [4.69, 9.17) is 74.8 Å². The van der Waals surface area contributed by atoms with Crippen molar-refractivity contribution < 1.29 is 0 Å². The fourth-order valence-electron chi connectivity index (χ4n) is 19.1. The Hall–Kier alpha value is -19.3. The highest BCUT2D eigenvalue weighted by atomic mass is 32.1. The summed E-state index contributed by atoms with van der Waals surface area (Å²) in [6.07, 6.45) is 0. The number of benzene rings is 18. The lowest BCUT2D eigenvalue weighted by Crippen LogP contribution is -2.00. The maximum atomic E-state index is 5.38. The Bertz CT molecular complexity index is 9620. The van der Waals surface area contributed by atoms with E-state index in [0.717, 1.165) is 184 Å². The molecule has 0 saturated heterocycles. The molecule has 10 heterocycles. The van der Waals surface area contributed by atoms with E-state index in [1.165, 1.54) is 16.3 Å². The number of aromatic nitrogens is 16. The van der Waals surface area contributed by atoms with E-state index in [2.05, 4.69) is 241 Å². The van der Waals surface area contributed by atoms with Crippen LogP contribution in [0.15, 0.2) is 485 Å².